The number of hydrogen-bond acceptors (Lipinski definition) is 2. The van der Waals surface area contributed by atoms with Gasteiger partial charge >= 0.3 is 0 Å². The summed E-state index contributed by atoms with van der Waals surface area (Å²) in [6.07, 6.45) is 2.81. The smallest absolute Gasteiger partial charge is 0.130 e. The molecule has 1 unspecified atom stereocenters. The summed E-state index contributed by atoms with van der Waals surface area (Å²) in [4.78, 5) is 11.2. The molecule has 0 radical (unpaired) electrons. The van der Waals surface area contributed by atoms with E-state index in [2.05, 4.69) is 33.7 Å². The zero-order valence-corrected chi connectivity index (χ0v) is 11.7. The van der Waals surface area contributed by atoms with Gasteiger partial charge < -0.3 is 0 Å². The average Bonchev–Trinajstić information content (AvgIpc) is 2.83. The van der Waals surface area contributed by atoms with Gasteiger partial charge in [-0.1, -0.05) is 30.3 Å². The normalized spacial score (nSPS) is 25.6. The van der Waals surface area contributed by atoms with Gasteiger partial charge in [-0.3, -0.25) is 9.52 Å². The molecule has 1 heterocycles. The number of benzene rings is 1. The monoisotopic (exact) mass is 261 g/mol. The Kier molecular flexibility index (Phi) is 4.04. The molecule has 1 aliphatic heterocycles. The summed E-state index contributed by atoms with van der Waals surface area (Å²) >= 11 is 0. The molecule has 0 saturated heterocycles. The van der Waals surface area contributed by atoms with Gasteiger partial charge in [0.1, 0.15) is 5.78 Å². The second-order valence-electron chi connectivity index (χ2n) is 4.45. The minimum absolute atomic E-state index is 0.257. The molecule has 0 spiro atoms. The Labute approximate surface area is 110 Å². The van der Waals surface area contributed by atoms with Crippen LogP contribution in [0.2, 0.25) is 0 Å². The third kappa shape index (κ3) is 2.92. The van der Waals surface area contributed by atoms with Crippen LogP contribution in [0.25, 0.3) is 5.57 Å². The van der Waals surface area contributed by atoms with Crippen molar-refractivity contribution >= 4 is 21.6 Å². The molecule has 2 rings (SSSR count). The molecule has 0 bridgehead atoms. The van der Waals surface area contributed by atoms with Gasteiger partial charge in [-0.25, -0.2) is 0 Å². The largest absolute Gasteiger partial charge is 0.300 e. The van der Waals surface area contributed by atoms with Crippen LogP contribution in [0.1, 0.15) is 18.9 Å². The molecular weight excluding hydrogens is 242 g/mol. The molecule has 18 heavy (non-hydrogen) atoms. The number of ketones is 1. The molecule has 0 fully saturated rings. The maximum Gasteiger partial charge on any atom is 0.130 e. The molecule has 1 aromatic rings. The number of carbonyl (C=O) groups excluding carboxylic acids is 1. The van der Waals surface area contributed by atoms with Gasteiger partial charge in [-0.05, 0) is 42.0 Å². The second kappa shape index (κ2) is 5.55. The Morgan fingerprint density at radius 2 is 2.00 bits per heavy atom. The van der Waals surface area contributed by atoms with Crippen molar-refractivity contribution in [3.05, 3.63) is 52.8 Å². The van der Waals surface area contributed by atoms with E-state index in [4.69, 9.17) is 0 Å². The number of carbonyl (C=O) groups is 1. The molecule has 1 N–H and O–H groups in total. The van der Waals surface area contributed by atoms with E-state index in [1.165, 1.54) is 11.1 Å². The standard InChI is InChI=1S/C15H19NOS/c1-13(17)8-10-18(16-2)11-9-15(12-18)14-6-4-3-5-7-14/h3-7,9,11-12,16H,8,10H2,1-2H3. The predicted octanol–water partition coefficient (Wildman–Crippen LogP) is 3.47. The first kappa shape index (κ1) is 13.1. The van der Waals surface area contributed by atoms with E-state index in [9.17, 15) is 4.79 Å². The van der Waals surface area contributed by atoms with Gasteiger partial charge in [0.2, 0.25) is 0 Å². The summed E-state index contributed by atoms with van der Waals surface area (Å²) in [6, 6.07) is 10.4. The van der Waals surface area contributed by atoms with Crippen molar-refractivity contribution in [3.63, 3.8) is 0 Å². The summed E-state index contributed by atoms with van der Waals surface area (Å²) in [5.74, 6) is 1.15. The first-order valence-corrected chi connectivity index (χ1v) is 8.02. The van der Waals surface area contributed by atoms with Crippen molar-refractivity contribution in [1.29, 1.82) is 0 Å². The first-order valence-electron chi connectivity index (χ1n) is 6.09. The molecule has 0 aromatic heterocycles. The van der Waals surface area contributed by atoms with Crippen molar-refractivity contribution in [3.8, 4) is 0 Å². The van der Waals surface area contributed by atoms with E-state index in [0.29, 0.717) is 6.42 Å². The van der Waals surface area contributed by atoms with E-state index >= 15 is 0 Å². The predicted molar refractivity (Wildman–Crippen MR) is 80.4 cm³/mol. The molecule has 1 aromatic carbocycles. The van der Waals surface area contributed by atoms with E-state index in [-0.39, 0.29) is 5.78 Å². The Balaban J connectivity index is 2.20. The fourth-order valence-electron chi connectivity index (χ4n) is 1.96. The number of hydrogen-bond donors (Lipinski definition) is 1. The van der Waals surface area contributed by atoms with E-state index in [1.54, 1.807) is 6.92 Å². The zero-order chi connectivity index (χ0) is 13.0. The Morgan fingerprint density at radius 3 is 2.61 bits per heavy atom. The SMILES string of the molecule is CNS1(CCC(C)=O)C=CC(c2ccccc2)=C1. The Bertz CT molecular complexity index is 492. The lowest BCUT2D eigenvalue weighted by atomic mass is 10.1. The molecule has 0 aliphatic carbocycles. The Morgan fingerprint density at radius 1 is 1.28 bits per heavy atom. The van der Waals surface area contributed by atoms with Gasteiger partial charge in [-0.15, -0.1) is 10.2 Å². The molecule has 3 heteroatoms. The van der Waals surface area contributed by atoms with Crippen LogP contribution in [0.15, 0.2) is 47.2 Å². The molecule has 0 saturated carbocycles. The third-order valence-corrected chi connectivity index (χ3v) is 6.04. The van der Waals surface area contributed by atoms with Crippen LogP contribution in [0.3, 0.4) is 0 Å². The van der Waals surface area contributed by atoms with Crippen LogP contribution in [-0.2, 0) is 4.79 Å². The van der Waals surface area contributed by atoms with Gasteiger partial charge in [0.05, 0.1) is 0 Å². The van der Waals surface area contributed by atoms with Crippen molar-refractivity contribution < 1.29 is 4.79 Å². The number of allylic oxidation sites excluding steroid dienone is 2. The van der Waals surface area contributed by atoms with Crippen molar-refractivity contribution in [1.82, 2.24) is 4.72 Å². The number of rotatable bonds is 5. The third-order valence-electron chi connectivity index (χ3n) is 3.11. The van der Waals surface area contributed by atoms with E-state index in [1.807, 2.05) is 25.2 Å². The lowest BCUT2D eigenvalue weighted by Crippen LogP contribution is -2.15. The molecule has 96 valence electrons. The summed E-state index contributed by atoms with van der Waals surface area (Å²) < 4.78 is 3.40. The number of nitrogens with one attached hydrogen (secondary N) is 1. The Hall–Kier alpha value is -1.32. The zero-order valence-electron chi connectivity index (χ0n) is 10.8. The molecule has 2 nitrogen and oxygen atoms in total. The fourth-order valence-corrected chi connectivity index (χ4v) is 4.44. The lowest BCUT2D eigenvalue weighted by Gasteiger charge is -2.30. The summed E-state index contributed by atoms with van der Waals surface area (Å²) in [7, 11) is 0.871. The molecule has 1 aliphatic rings. The summed E-state index contributed by atoms with van der Waals surface area (Å²) in [6.45, 7) is 1.66. The van der Waals surface area contributed by atoms with Crippen molar-refractivity contribution in [2.75, 3.05) is 12.8 Å². The van der Waals surface area contributed by atoms with Crippen LogP contribution in [0.5, 0.6) is 0 Å². The summed E-state index contributed by atoms with van der Waals surface area (Å²) in [5.41, 5.74) is 2.49. The fraction of sp³-hybridized carbons (Fsp3) is 0.267. The lowest BCUT2D eigenvalue weighted by molar-refractivity contribution is -0.116. The van der Waals surface area contributed by atoms with Crippen LogP contribution >= 0.6 is 10.2 Å². The van der Waals surface area contributed by atoms with Gasteiger partial charge in [0, 0.05) is 12.2 Å². The quantitative estimate of drug-likeness (QED) is 0.879. The van der Waals surface area contributed by atoms with Crippen molar-refractivity contribution in [2.45, 2.75) is 13.3 Å². The van der Waals surface area contributed by atoms with Crippen LogP contribution in [0.4, 0.5) is 0 Å². The highest BCUT2D eigenvalue weighted by molar-refractivity contribution is 8.37. The second-order valence-corrected chi connectivity index (χ2v) is 7.47. The topological polar surface area (TPSA) is 29.1 Å². The van der Waals surface area contributed by atoms with Gasteiger partial charge in [-0.2, -0.15) is 0 Å². The van der Waals surface area contributed by atoms with Gasteiger partial charge in [0.25, 0.3) is 0 Å². The maximum atomic E-state index is 11.2. The van der Waals surface area contributed by atoms with Gasteiger partial charge in [0.15, 0.2) is 0 Å². The number of Topliss-reactive ketones (excluding diaryl/α,β-unsaturated/α-hetero) is 1. The highest BCUT2D eigenvalue weighted by atomic mass is 32.3. The minimum Gasteiger partial charge on any atom is -0.300 e. The van der Waals surface area contributed by atoms with E-state index < -0.39 is 10.2 Å². The highest BCUT2D eigenvalue weighted by Crippen LogP contribution is 2.53. The van der Waals surface area contributed by atoms with Crippen LogP contribution in [-0.4, -0.2) is 18.6 Å². The van der Waals surface area contributed by atoms with Crippen LogP contribution < -0.4 is 4.72 Å². The first-order chi connectivity index (χ1) is 8.65. The van der Waals surface area contributed by atoms with Crippen LogP contribution in [0, 0.1) is 0 Å². The van der Waals surface area contributed by atoms with Crippen molar-refractivity contribution in [2.24, 2.45) is 0 Å². The maximum absolute atomic E-state index is 11.2. The molecular formula is C15H19NOS. The molecule has 1 atom stereocenters. The van der Waals surface area contributed by atoms with E-state index in [0.717, 1.165) is 5.75 Å². The minimum atomic E-state index is -1.10. The summed E-state index contributed by atoms with van der Waals surface area (Å²) in [5, 5.41) is 4.53. The average molecular weight is 261 g/mol. The highest BCUT2D eigenvalue weighted by Gasteiger charge is 2.22. The molecule has 0 amide bonds.